The third kappa shape index (κ3) is 1.56. The lowest BCUT2D eigenvalue weighted by Crippen LogP contribution is -2.07. The van der Waals surface area contributed by atoms with Gasteiger partial charge in [-0.25, -0.2) is 0 Å². The minimum Gasteiger partial charge on any atom is -0.153 e. The maximum absolute atomic E-state index is 3.93. The number of rotatable bonds is 2. The standard InChI is InChI=1S/C9H10N3/c1-2-4-9(5-3-1)8-12-7-6-10-11-12/h1-6H,7-8H2/q+1. The van der Waals surface area contributed by atoms with Crippen LogP contribution in [0, 0.1) is 0 Å². The molecule has 0 atom stereocenters. The maximum atomic E-state index is 3.93. The SMILES string of the molecule is C1=NN=[N+](Cc2ccccc2)C1. The topological polar surface area (TPSA) is 27.7 Å². The zero-order chi connectivity index (χ0) is 8.23. The molecule has 3 nitrogen and oxygen atoms in total. The number of hydrogen-bond acceptors (Lipinski definition) is 2. The van der Waals surface area contributed by atoms with E-state index in [2.05, 4.69) is 22.5 Å². The molecule has 0 bridgehead atoms. The molecule has 1 aromatic carbocycles. The summed E-state index contributed by atoms with van der Waals surface area (Å²) in [7, 11) is 0. The minimum absolute atomic E-state index is 0.828. The molecule has 0 aromatic heterocycles. The number of benzene rings is 1. The first kappa shape index (κ1) is 7.16. The molecule has 0 N–H and O–H groups in total. The summed E-state index contributed by atoms with van der Waals surface area (Å²) in [5, 5.41) is 7.72. The fourth-order valence-corrected chi connectivity index (χ4v) is 1.17. The normalized spacial score (nSPS) is 14.8. The highest BCUT2D eigenvalue weighted by Gasteiger charge is 2.07. The van der Waals surface area contributed by atoms with Crippen molar-refractivity contribution in [3.8, 4) is 0 Å². The molecular formula is C9H10N3+. The molecule has 2 rings (SSSR count). The Hall–Kier alpha value is -1.51. The Bertz CT molecular complexity index is 314. The Morgan fingerprint density at radius 1 is 1.25 bits per heavy atom. The van der Waals surface area contributed by atoms with Gasteiger partial charge in [-0.05, 0) is 5.56 Å². The third-order valence-electron chi connectivity index (χ3n) is 1.76. The van der Waals surface area contributed by atoms with Gasteiger partial charge in [0.15, 0.2) is 12.8 Å². The fourth-order valence-electron chi connectivity index (χ4n) is 1.17. The van der Waals surface area contributed by atoms with Crippen molar-refractivity contribution in [2.75, 3.05) is 6.54 Å². The summed E-state index contributed by atoms with van der Waals surface area (Å²) in [5.74, 6) is 0. The monoisotopic (exact) mass is 160 g/mol. The van der Waals surface area contributed by atoms with Gasteiger partial charge < -0.3 is 0 Å². The highest BCUT2D eigenvalue weighted by Crippen LogP contribution is 2.02. The molecule has 1 aliphatic rings. The van der Waals surface area contributed by atoms with Gasteiger partial charge >= 0.3 is 0 Å². The van der Waals surface area contributed by atoms with Crippen molar-refractivity contribution in [1.82, 2.24) is 0 Å². The van der Waals surface area contributed by atoms with E-state index in [-0.39, 0.29) is 0 Å². The molecule has 12 heavy (non-hydrogen) atoms. The maximum Gasteiger partial charge on any atom is 0.188 e. The molecule has 0 amide bonds. The predicted octanol–water partition coefficient (Wildman–Crippen LogP) is 1.65. The van der Waals surface area contributed by atoms with Crippen LogP contribution in [0.5, 0.6) is 0 Å². The molecule has 0 saturated heterocycles. The third-order valence-corrected chi connectivity index (χ3v) is 1.76. The Balaban J connectivity index is 2.05. The summed E-state index contributed by atoms with van der Waals surface area (Å²) in [4.78, 5) is 0. The molecule has 0 fully saturated rings. The zero-order valence-electron chi connectivity index (χ0n) is 6.72. The summed E-state index contributed by atoms with van der Waals surface area (Å²) < 4.78 is 1.93. The van der Waals surface area contributed by atoms with Crippen molar-refractivity contribution in [3.05, 3.63) is 35.9 Å². The zero-order valence-corrected chi connectivity index (χ0v) is 6.72. The van der Waals surface area contributed by atoms with E-state index in [9.17, 15) is 0 Å². The summed E-state index contributed by atoms with van der Waals surface area (Å²) >= 11 is 0. The van der Waals surface area contributed by atoms with Crippen LogP contribution in [0.1, 0.15) is 5.56 Å². The van der Waals surface area contributed by atoms with E-state index in [0.717, 1.165) is 13.1 Å². The van der Waals surface area contributed by atoms with Gasteiger partial charge in [-0.1, -0.05) is 30.3 Å². The molecule has 1 aliphatic heterocycles. The van der Waals surface area contributed by atoms with Crippen molar-refractivity contribution in [3.63, 3.8) is 0 Å². The van der Waals surface area contributed by atoms with E-state index >= 15 is 0 Å². The highest BCUT2D eigenvalue weighted by atomic mass is 15.5. The summed E-state index contributed by atoms with van der Waals surface area (Å²) in [6.45, 7) is 1.68. The van der Waals surface area contributed by atoms with Crippen molar-refractivity contribution in [1.29, 1.82) is 0 Å². The molecule has 0 unspecified atom stereocenters. The van der Waals surface area contributed by atoms with Gasteiger partial charge in [0.05, 0.1) is 5.10 Å². The van der Waals surface area contributed by atoms with Crippen molar-refractivity contribution < 1.29 is 4.70 Å². The largest absolute Gasteiger partial charge is 0.188 e. The lowest BCUT2D eigenvalue weighted by molar-refractivity contribution is -0.591. The lowest BCUT2D eigenvalue weighted by Gasteiger charge is -1.96. The number of nitrogens with zero attached hydrogens (tertiary/aromatic N) is 3. The highest BCUT2D eigenvalue weighted by molar-refractivity contribution is 5.58. The molecule has 0 spiro atoms. The summed E-state index contributed by atoms with van der Waals surface area (Å²) in [6, 6.07) is 10.3. The van der Waals surface area contributed by atoms with Gasteiger partial charge in [0.25, 0.3) is 0 Å². The second-order valence-electron chi connectivity index (χ2n) is 2.72. The van der Waals surface area contributed by atoms with Crippen LogP contribution in [-0.4, -0.2) is 17.5 Å². The molecular weight excluding hydrogens is 150 g/mol. The molecule has 0 saturated carbocycles. The van der Waals surface area contributed by atoms with Gasteiger partial charge in [-0.3, -0.25) is 0 Å². The van der Waals surface area contributed by atoms with E-state index in [1.807, 2.05) is 29.1 Å². The van der Waals surface area contributed by atoms with Gasteiger partial charge in [0.2, 0.25) is 0 Å². The van der Waals surface area contributed by atoms with E-state index in [4.69, 9.17) is 0 Å². The number of hydrogen-bond donors (Lipinski definition) is 0. The summed E-state index contributed by atoms with van der Waals surface area (Å²) in [5.41, 5.74) is 1.27. The minimum atomic E-state index is 0.828. The average Bonchev–Trinajstić information content (AvgIpc) is 2.59. The van der Waals surface area contributed by atoms with Crippen LogP contribution in [0.15, 0.2) is 40.7 Å². The van der Waals surface area contributed by atoms with Crippen LogP contribution in [0.3, 0.4) is 0 Å². The molecule has 60 valence electrons. The van der Waals surface area contributed by atoms with Crippen LogP contribution in [0.4, 0.5) is 0 Å². The Labute approximate surface area is 71.0 Å². The van der Waals surface area contributed by atoms with Crippen molar-refractivity contribution >= 4 is 6.21 Å². The first-order valence-electron chi connectivity index (χ1n) is 3.96. The van der Waals surface area contributed by atoms with E-state index < -0.39 is 0 Å². The first-order chi connectivity index (χ1) is 5.95. The van der Waals surface area contributed by atoms with Crippen molar-refractivity contribution in [2.24, 2.45) is 10.3 Å². The molecule has 0 aliphatic carbocycles. The molecule has 0 radical (unpaired) electrons. The Morgan fingerprint density at radius 2 is 2.08 bits per heavy atom. The second kappa shape index (κ2) is 3.26. The summed E-state index contributed by atoms with van der Waals surface area (Å²) in [6.07, 6.45) is 1.81. The fraction of sp³-hybridized carbons (Fsp3) is 0.222. The first-order valence-corrected chi connectivity index (χ1v) is 3.96. The lowest BCUT2D eigenvalue weighted by atomic mass is 10.2. The average molecular weight is 160 g/mol. The Kier molecular flexibility index (Phi) is 1.94. The molecule has 1 aromatic rings. The van der Waals surface area contributed by atoms with Crippen LogP contribution >= 0.6 is 0 Å². The van der Waals surface area contributed by atoms with Crippen LogP contribution in [0.25, 0.3) is 0 Å². The molecule has 1 heterocycles. The van der Waals surface area contributed by atoms with E-state index in [0.29, 0.717) is 0 Å². The predicted molar refractivity (Wildman–Crippen MR) is 46.2 cm³/mol. The van der Waals surface area contributed by atoms with Crippen LogP contribution in [-0.2, 0) is 6.54 Å². The quantitative estimate of drug-likeness (QED) is 0.588. The van der Waals surface area contributed by atoms with E-state index in [1.165, 1.54) is 5.56 Å². The van der Waals surface area contributed by atoms with E-state index in [1.54, 1.807) is 0 Å². The van der Waals surface area contributed by atoms with Gasteiger partial charge in [0.1, 0.15) is 11.8 Å². The van der Waals surface area contributed by atoms with Gasteiger partial charge in [-0.15, -0.1) is 0 Å². The van der Waals surface area contributed by atoms with Gasteiger partial charge in [0, 0.05) is 0 Å². The Morgan fingerprint density at radius 3 is 2.75 bits per heavy atom. The van der Waals surface area contributed by atoms with Crippen LogP contribution in [0.2, 0.25) is 0 Å². The smallest absolute Gasteiger partial charge is 0.153 e. The van der Waals surface area contributed by atoms with Gasteiger partial charge in [-0.2, -0.15) is 4.70 Å². The second-order valence-corrected chi connectivity index (χ2v) is 2.72. The van der Waals surface area contributed by atoms with Crippen molar-refractivity contribution in [2.45, 2.75) is 6.54 Å². The van der Waals surface area contributed by atoms with Crippen LogP contribution < -0.4 is 0 Å². The molecule has 3 heteroatoms.